The summed E-state index contributed by atoms with van der Waals surface area (Å²) in [6.07, 6.45) is 2.67. The Kier molecular flexibility index (Phi) is 8.40. The van der Waals surface area contributed by atoms with Crippen LogP contribution in [-0.4, -0.2) is 103 Å². The molecule has 6 heterocycles. The van der Waals surface area contributed by atoms with Gasteiger partial charge in [-0.1, -0.05) is 24.3 Å². The lowest BCUT2D eigenvalue weighted by molar-refractivity contribution is -0.120. The lowest BCUT2D eigenvalue weighted by Gasteiger charge is -2.40. The Hall–Kier alpha value is -4.60. The molecule has 2 unspecified atom stereocenters. The minimum Gasteiger partial charge on any atom is -0.373 e. The van der Waals surface area contributed by atoms with Crippen molar-refractivity contribution in [1.82, 2.24) is 19.9 Å². The zero-order chi connectivity index (χ0) is 32.6. The normalized spacial score (nSPS) is 24.6. The van der Waals surface area contributed by atoms with Gasteiger partial charge in [-0.3, -0.25) is 9.88 Å². The van der Waals surface area contributed by atoms with Crippen molar-refractivity contribution in [3.8, 4) is 6.07 Å². The van der Waals surface area contributed by atoms with Crippen molar-refractivity contribution < 1.29 is 19.1 Å². The molecule has 3 saturated heterocycles. The number of ether oxygens (including phenoxy) is 2. The SMILES string of the molecule is C[C@@H]1CN(c2ccc(C#N)c3ncccc23)C[C@H](CN2CC3OCCN(c4ccc5c(n4)CCN(OC(=O)c4ccccc4)C5)C3C2)O1. The number of hydrogen-bond donors (Lipinski definition) is 0. The molecule has 2 aromatic carbocycles. The van der Waals surface area contributed by atoms with Gasteiger partial charge in [-0.15, -0.1) is 5.06 Å². The Morgan fingerprint density at radius 1 is 1.02 bits per heavy atom. The number of morpholine rings is 2. The predicted octanol–water partition coefficient (Wildman–Crippen LogP) is 3.81. The van der Waals surface area contributed by atoms with E-state index in [1.54, 1.807) is 23.4 Å². The molecule has 0 radical (unpaired) electrons. The number of anilines is 2. The first-order valence-corrected chi connectivity index (χ1v) is 16.8. The second-order valence-corrected chi connectivity index (χ2v) is 13.1. The van der Waals surface area contributed by atoms with E-state index in [-0.39, 0.29) is 30.3 Å². The number of aromatic nitrogens is 2. The zero-order valence-electron chi connectivity index (χ0n) is 27.1. The lowest BCUT2D eigenvalue weighted by Crippen LogP contribution is -2.52. The fourth-order valence-corrected chi connectivity index (χ4v) is 7.71. The Bertz CT molecular complexity index is 1850. The third-order valence-corrected chi connectivity index (χ3v) is 9.89. The van der Waals surface area contributed by atoms with Crippen molar-refractivity contribution in [2.24, 2.45) is 0 Å². The largest absolute Gasteiger partial charge is 0.373 e. The number of nitriles is 1. The number of rotatable bonds is 6. The number of likely N-dealkylation sites (tertiary alicyclic amines) is 1. The van der Waals surface area contributed by atoms with Crippen molar-refractivity contribution in [3.05, 3.63) is 95.3 Å². The van der Waals surface area contributed by atoms with Gasteiger partial charge in [-0.05, 0) is 55.0 Å². The Morgan fingerprint density at radius 2 is 1.92 bits per heavy atom. The van der Waals surface area contributed by atoms with E-state index in [4.69, 9.17) is 19.3 Å². The van der Waals surface area contributed by atoms with Gasteiger partial charge in [0.1, 0.15) is 11.9 Å². The van der Waals surface area contributed by atoms with Crippen LogP contribution in [0.2, 0.25) is 0 Å². The summed E-state index contributed by atoms with van der Waals surface area (Å²) >= 11 is 0. The van der Waals surface area contributed by atoms with Crippen LogP contribution in [0.3, 0.4) is 0 Å². The summed E-state index contributed by atoms with van der Waals surface area (Å²) < 4.78 is 12.8. The van der Waals surface area contributed by atoms with E-state index in [9.17, 15) is 10.1 Å². The molecular formula is C37H39N7O4. The number of hydrogen-bond acceptors (Lipinski definition) is 11. The third kappa shape index (κ3) is 6.08. The van der Waals surface area contributed by atoms with Gasteiger partial charge >= 0.3 is 5.97 Å². The Morgan fingerprint density at radius 3 is 2.79 bits per heavy atom. The molecule has 4 atom stereocenters. The van der Waals surface area contributed by atoms with E-state index >= 15 is 0 Å². The molecule has 8 rings (SSSR count). The quantitative estimate of drug-likeness (QED) is 0.306. The fraction of sp³-hybridized carbons (Fsp3) is 0.405. The van der Waals surface area contributed by atoms with Crippen LogP contribution < -0.4 is 9.80 Å². The third-order valence-electron chi connectivity index (χ3n) is 9.89. The second kappa shape index (κ2) is 13.1. The van der Waals surface area contributed by atoms with Gasteiger partial charge in [-0.25, -0.2) is 9.78 Å². The van der Waals surface area contributed by atoms with Gasteiger partial charge in [-0.2, -0.15) is 5.26 Å². The van der Waals surface area contributed by atoms with Gasteiger partial charge in [0, 0.05) is 75.2 Å². The molecule has 0 amide bonds. The molecular weight excluding hydrogens is 606 g/mol. The molecule has 4 aliphatic rings. The summed E-state index contributed by atoms with van der Waals surface area (Å²) in [6.45, 7) is 8.82. The smallest absolute Gasteiger partial charge is 0.357 e. The van der Waals surface area contributed by atoms with Crippen LogP contribution in [0, 0.1) is 11.3 Å². The first-order chi connectivity index (χ1) is 23.5. The average Bonchev–Trinajstić information content (AvgIpc) is 3.53. The van der Waals surface area contributed by atoms with E-state index in [0.717, 1.165) is 72.9 Å². The van der Waals surface area contributed by atoms with Crippen molar-refractivity contribution in [2.45, 2.75) is 44.2 Å². The number of pyridine rings is 2. The number of fused-ring (bicyclic) bond motifs is 3. The maximum Gasteiger partial charge on any atom is 0.357 e. The highest BCUT2D eigenvalue weighted by Gasteiger charge is 2.42. The van der Waals surface area contributed by atoms with Gasteiger partial charge < -0.3 is 24.1 Å². The summed E-state index contributed by atoms with van der Waals surface area (Å²) in [6, 6.07) is 23.7. The number of carbonyl (C=O) groups excluding carboxylic acids is 1. The minimum absolute atomic E-state index is 0.0329. The van der Waals surface area contributed by atoms with Gasteiger partial charge in [0.2, 0.25) is 0 Å². The molecule has 246 valence electrons. The summed E-state index contributed by atoms with van der Waals surface area (Å²) in [5.74, 6) is 0.647. The lowest BCUT2D eigenvalue weighted by atomic mass is 10.1. The maximum atomic E-state index is 12.6. The highest BCUT2D eigenvalue weighted by atomic mass is 16.7. The Labute approximate surface area is 280 Å². The van der Waals surface area contributed by atoms with E-state index in [0.29, 0.717) is 37.2 Å². The molecule has 11 nitrogen and oxygen atoms in total. The molecule has 3 fully saturated rings. The van der Waals surface area contributed by atoms with Crippen LogP contribution in [-0.2, 0) is 27.3 Å². The molecule has 0 bridgehead atoms. The molecule has 0 aliphatic carbocycles. The summed E-state index contributed by atoms with van der Waals surface area (Å²) in [7, 11) is 0. The van der Waals surface area contributed by atoms with Crippen molar-refractivity contribution in [3.63, 3.8) is 0 Å². The van der Waals surface area contributed by atoms with E-state index in [2.05, 4.69) is 50.9 Å². The first-order valence-electron chi connectivity index (χ1n) is 16.8. The van der Waals surface area contributed by atoms with E-state index in [1.165, 1.54) is 0 Å². The molecule has 0 saturated carbocycles. The second-order valence-electron chi connectivity index (χ2n) is 13.1. The van der Waals surface area contributed by atoms with Crippen molar-refractivity contribution >= 4 is 28.4 Å². The highest BCUT2D eigenvalue weighted by molar-refractivity contribution is 5.95. The number of benzene rings is 2. The minimum atomic E-state index is -0.338. The molecule has 4 aliphatic heterocycles. The van der Waals surface area contributed by atoms with Gasteiger partial charge in [0.05, 0.1) is 54.1 Å². The average molecular weight is 646 g/mol. The number of carbonyl (C=O) groups is 1. The summed E-state index contributed by atoms with van der Waals surface area (Å²) in [5.41, 5.74) is 5.13. The van der Waals surface area contributed by atoms with Crippen LogP contribution in [0.4, 0.5) is 11.5 Å². The molecule has 0 spiro atoms. The van der Waals surface area contributed by atoms with Crippen molar-refractivity contribution in [2.75, 3.05) is 62.2 Å². The topological polar surface area (TPSA) is 107 Å². The predicted molar refractivity (Wildman–Crippen MR) is 181 cm³/mol. The number of nitrogens with zero attached hydrogens (tertiary/aromatic N) is 7. The van der Waals surface area contributed by atoms with Crippen molar-refractivity contribution in [1.29, 1.82) is 5.26 Å². The van der Waals surface area contributed by atoms with E-state index < -0.39 is 0 Å². The molecule has 4 aromatic rings. The van der Waals surface area contributed by atoms with Crippen LogP contribution in [0.5, 0.6) is 0 Å². The van der Waals surface area contributed by atoms with Crippen LogP contribution in [0.25, 0.3) is 10.9 Å². The Balaban J connectivity index is 0.923. The standard InChI is InChI=1S/C37H39N7O4/c1-25-19-42(32-11-9-27(18-38)36-30(32)8-5-14-39-36)22-29(47-25)21-41-23-33-34(24-41)46-17-16-44(33)35-12-10-28-20-43(15-13-31(28)40-35)48-37(45)26-6-3-2-4-7-26/h2-12,14,25,29,33-34H,13,15-17,19-24H2,1H3/t25-,29+,33?,34?/m1/s1. The van der Waals surface area contributed by atoms with Crippen LogP contribution >= 0.6 is 0 Å². The summed E-state index contributed by atoms with van der Waals surface area (Å²) in [4.78, 5) is 35.2. The molecule has 2 aromatic heterocycles. The van der Waals surface area contributed by atoms with Gasteiger partial charge in [0.15, 0.2) is 0 Å². The zero-order valence-corrected chi connectivity index (χ0v) is 27.1. The fourth-order valence-electron chi connectivity index (χ4n) is 7.71. The molecule has 11 heteroatoms. The highest BCUT2D eigenvalue weighted by Crippen LogP contribution is 2.32. The van der Waals surface area contributed by atoms with E-state index in [1.807, 2.05) is 36.4 Å². The maximum absolute atomic E-state index is 12.6. The molecule has 48 heavy (non-hydrogen) atoms. The monoisotopic (exact) mass is 645 g/mol. The summed E-state index contributed by atoms with van der Waals surface area (Å²) in [5, 5.41) is 12.3. The number of hydroxylamine groups is 2. The first kappa shape index (κ1) is 30.7. The van der Waals surface area contributed by atoms with Gasteiger partial charge in [0.25, 0.3) is 0 Å². The van der Waals surface area contributed by atoms with Crippen LogP contribution in [0.15, 0.2) is 72.9 Å². The molecule has 0 N–H and O–H groups in total. The van der Waals surface area contributed by atoms with Crippen LogP contribution in [0.1, 0.15) is 34.1 Å².